The zero-order valence-corrected chi connectivity index (χ0v) is 11.1. The van der Waals surface area contributed by atoms with Crippen molar-refractivity contribution in [1.29, 1.82) is 0 Å². The normalized spacial score (nSPS) is 16.6. The van der Waals surface area contributed by atoms with Gasteiger partial charge in [0.2, 0.25) is 0 Å². The third kappa shape index (κ3) is 5.35. The lowest BCUT2D eigenvalue weighted by Crippen LogP contribution is -2.50. The van der Waals surface area contributed by atoms with Gasteiger partial charge in [0.15, 0.2) is 0 Å². The Morgan fingerprint density at radius 1 is 1.39 bits per heavy atom. The van der Waals surface area contributed by atoms with E-state index in [1.165, 1.54) is 4.90 Å². The van der Waals surface area contributed by atoms with Gasteiger partial charge in [-0.05, 0) is 31.8 Å². The highest BCUT2D eigenvalue weighted by atomic mass is 16.4. The second-order valence-corrected chi connectivity index (χ2v) is 5.14. The lowest BCUT2D eigenvalue weighted by atomic mass is 10.1. The Bertz CT molecular complexity index is 288. The molecule has 0 aromatic heterocycles. The van der Waals surface area contributed by atoms with Gasteiger partial charge in [-0.3, -0.25) is 4.79 Å². The van der Waals surface area contributed by atoms with Gasteiger partial charge in [-0.2, -0.15) is 0 Å². The minimum absolute atomic E-state index is 0.155. The number of hydrogen-bond acceptors (Lipinski definition) is 3. The van der Waals surface area contributed by atoms with Crippen LogP contribution < -0.4 is 10.6 Å². The topological polar surface area (TPSA) is 81.7 Å². The molecule has 104 valence electrons. The first kappa shape index (κ1) is 14.8. The fraction of sp³-hybridized carbons (Fsp3) is 0.833. The molecular weight excluding hydrogens is 234 g/mol. The molecule has 0 spiro atoms. The average molecular weight is 257 g/mol. The molecule has 0 unspecified atom stereocenters. The Kier molecular flexibility index (Phi) is 5.91. The molecule has 1 heterocycles. The van der Waals surface area contributed by atoms with E-state index in [1.807, 2.05) is 13.8 Å². The molecule has 6 heteroatoms. The van der Waals surface area contributed by atoms with Crippen LogP contribution in [0.2, 0.25) is 0 Å². The van der Waals surface area contributed by atoms with Gasteiger partial charge in [0.25, 0.3) is 0 Å². The maximum atomic E-state index is 12.0. The molecule has 0 aromatic rings. The molecule has 1 saturated heterocycles. The standard InChI is InChI=1S/C12H23N3O3/c1-9(2)7-15(8-11(16)17)12(18)14-10-3-5-13-6-4-10/h9-10,13H,3-8H2,1-2H3,(H,14,18)(H,16,17). The molecule has 0 bridgehead atoms. The Morgan fingerprint density at radius 3 is 2.50 bits per heavy atom. The fourth-order valence-electron chi connectivity index (χ4n) is 2.06. The number of rotatable bonds is 5. The zero-order valence-electron chi connectivity index (χ0n) is 11.1. The average Bonchev–Trinajstić information content (AvgIpc) is 2.28. The van der Waals surface area contributed by atoms with Gasteiger partial charge in [-0.25, -0.2) is 4.79 Å². The van der Waals surface area contributed by atoms with Crippen molar-refractivity contribution in [3.8, 4) is 0 Å². The molecule has 0 radical (unpaired) electrons. The maximum absolute atomic E-state index is 12.0. The third-order valence-electron chi connectivity index (χ3n) is 2.87. The molecule has 1 rings (SSSR count). The first-order chi connectivity index (χ1) is 8.49. The smallest absolute Gasteiger partial charge is 0.323 e. The summed E-state index contributed by atoms with van der Waals surface area (Å²) in [6.07, 6.45) is 1.79. The van der Waals surface area contributed by atoms with E-state index in [1.54, 1.807) is 0 Å². The number of amides is 2. The van der Waals surface area contributed by atoms with Crippen molar-refractivity contribution in [2.45, 2.75) is 32.7 Å². The van der Waals surface area contributed by atoms with Crippen LogP contribution in [0.3, 0.4) is 0 Å². The van der Waals surface area contributed by atoms with Gasteiger partial charge in [0.1, 0.15) is 6.54 Å². The van der Waals surface area contributed by atoms with Crippen LogP contribution in [0.4, 0.5) is 4.79 Å². The highest BCUT2D eigenvalue weighted by Gasteiger charge is 2.21. The number of nitrogens with zero attached hydrogens (tertiary/aromatic N) is 1. The second kappa shape index (κ2) is 7.20. The summed E-state index contributed by atoms with van der Waals surface area (Å²) in [4.78, 5) is 24.1. The predicted molar refractivity (Wildman–Crippen MR) is 68.5 cm³/mol. The van der Waals surface area contributed by atoms with Gasteiger partial charge in [-0.1, -0.05) is 13.8 Å². The van der Waals surface area contributed by atoms with Crippen molar-refractivity contribution in [2.24, 2.45) is 5.92 Å². The van der Waals surface area contributed by atoms with E-state index in [9.17, 15) is 9.59 Å². The van der Waals surface area contributed by atoms with E-state index in [0.717, 1.165) is 25.9 Å². The van der Waals surface area contributed by atoms with Crippen LogP contribution in [0, 0.1) is 5.92 Å². The number of hydrogen-bond donors (Lipinski definition) is 3. The quantitative estimate of drug-likeness (QED) is 0.669. The van der Waals surface area contributed by atoms with E-state index in [0.29, 0.717) is 6.54 Å². The number of carboxylic acid groups (broad SMARTS) is 1. The van der Waals surface area contributed by atoms with Crippen LogP contribution >= 0.6 is 0 Å². The molecule has 1 aliphatic heterocycles. The van der Waals surface area contributed by atoms with Crippen molar-refractivity contribution in [3.05, 3.63) is 0 Å². The van der Waals surface area contributed by atoms with Crippen LogP contribution in [-0.2, 0) is 4.79 Å². The highest BCUT2D eigenvalue weighted by Crippen LogP contribution is 2.05. The summed E-state index contributed by atoms with van der Waals surface area (Å²) in [7, 11) is 0. The molecule has 1 fully saturated rings. The Hall–Kier alpha value is -1.30. The molecule has 18 heavy (non-hydrogen) atoms. The number of carbonyl (C=O) groups excluding carboxylic acids is 1. The van der Waals surface area contributed by atoms with E-state index >= 15 is 0 Å². The lowest BCUT2D eigenvalue weighted by Gasteiger charge is -2.28. The first-order valence-electron chi connectivity index (χ1n) is 6.47. The summed E-state index contributed by atoms with van der Waals surface area (Å²) in [6, 6.07) is -0.111. The molecule has 3 N–H and O–H groups in total. The molecular formula is C12H23N3O3. The Balaban J connectivity index is 2.48. The van der Waals surface area contributed by atoms with Crippen LogP contribution in [0.15, 0.2) is 0 Å². The summed E-state index contributed by atoms with van der Waals surface area (Å²) >= 11 is 0. The molecule has 0 aliphatic carbocycles. The minimum Gasteiger partial charge on any atom is -0.480 e. The number of nitrogens with one attached hydrogen (secondary N) is 2. The lowest BCUT2D eigenvalue weighted by molar-refractivity contribution is -0.137. The summed E-state index contributed by atoms with van der Waals surface area (Å²) in [5, 5.41) is 15.0. The third-order valence-corrected chi connectivity index (χ3v) is 2.87. The van der Waals surface area contributed by atoms with Crippen molar-refractivity contribution in [1.82, 2.24) is 15.5 Å². The second-order valence-electron chi connectivity index (χ2n) is 5.14. The number of carbonyl (C=O) groups is 2. The molecule has 0 aromatic carbocycles. The van der Waals surface area contributed by atoms with Crippen LogP contribution in [-0.4, -0.2) is 54.2 Å². The number of aliphatic carboxylic acids is 1. The van der Waals surface area contributed by atoms with Crippen LogP contribution in [0.5, 0.6) is 0 Å². The summed E-state index contributed by atoms with van der Waals surface area (Å²) in [5.41, 5.74) is 0. The van der Waals surface area contributed by atoms with Gasteiger partial charge in [0, 0.05) is 12.6 Å². The van der Waals surface area contributed by atoms with E-state index in [4.69, 9.17) is 5.11 Å². The Morgan fingerprint density at radius 2 is 2.00 bits per heavy atom. The molecule has 1 aliphatic rings. The summed E-state index contributed by atoms with van der Waals surface area (Å²) in [5.74, 6) is -0.723. The monoisotopic (exact) mass is 257 g/mol. The van der Waals surface area contributed by atoms with E-state index in [-0.39, 0.29) is 24.5 Å². The van der Waals surface area contributed by atoms with Crippen molar-refractivity contribution in [3.63, 3.8) is 0 Å². The minimum atomic E-state index is -0.976. The Labute approximate surface area is 108 Å². The number of carboxylic acids is 1. The van der Waals surface area contributed by atoms with Gasteiger partial charge in [-0.15, -0.1) is 0 Å². The summed E-state index contributed by atoms with van der Waals surface area (Å²) in [6.45, 7) is 5.94. The molecule has 0 atom stereocenters. The first-order valence-corrected chi connectivity index (χ1v) is 6.47. The molecule has 0 saturated carbocycles. The van der Waals surface area contributed by atoms with E-state index in [2.05, 4.69) is 10.6 Å². The van der Waals surface area contributed by atoms with Crippen LogP contribution in [0.1, 0.15) is 26.7 Å². The largest absolute Gasteiger partial charge is 0.480 e. The van der Waals surface area contributed by atoms with Crippen LogP contribution in [0.25, 0.3) is 0 Å². The van der Waals surface area contributed by atoms with Crippen molar-refractivity contribution >= 4 is 12.0 Å². The SMILES string of the molecule is CC(C)CN(CC(=O)O)C(=O)NC1CCNCC1. The van der Waals surface area contributed by atoms with Gasteiger partial charge < -0.3 is 20.6 Å². The maximum Gasteiger partial charge on any atom is 0.323 e. The number of piperidine rings is 1. The van der Waals surface area contributed by atoms with Gasteiger partial charge >= 0.3 is 12.0 Å². The van der Waals surface area contributed by atoms with Crippen molar-refractivity contribution < 1.29 is 14.7 Å². The molecule has 2 amide bonds. The van der Waals surface area contributed by atoms with E-state index < -0.39 is 5.97 Å². The fourth-order valence-corrected chi connectivity index (χ4v) is 2.06. The van der Waals surface area contributed by atoms with Gasteiger partial charge in [0.05, 0.1) is 0 Å². The predicted octanol–water partition coefficient (Wildman–Crippen LogP) is 0.491. The molecule has 6 nitrogen and oxygen atoms in total. The summed E-state index contributed by atoms with van der Waals surface area (Å²) < 4.78 is 0. The zero-order chi connectivity index (χ0) is 13.5. The van der Waals surface area contributed by atoms with Crippen molar-refractivity contribution in [2.75, 3.05) is 26.2 Å². The number of urea groups is 1. The highest BCUT2D eigenvalue weighted by molar-refractivity contribution is 5.80.